The summed E-state index contributed by atoms with van der Waals surface area (Å²) in [4.78, 5) is 30.4. The maximum absolute atomic E-state index is 13.2. The molecule has 2 aromatic heterocycles. The first-order valence-corrected chi connectivity index (χ1v) is 10.7. The summed E-state index contributed by atoms with van der Waals surface area (Å²) >= 11 is 0. The van der Waals surface area contributed by atoms with E-state index in [0.29, 0.717) is 24.4 Å². The summed E-state index contributed by atoms with van der Waals surface area (Å²) in [7, 11) is 0. The second-order valence-corrected chi connectivity index (χ2v) is 7.64. The average Bonchev–Trinajstić information content (AvgIpc) is 2.86. The van der Waals surface area contributed by atoms with E-state index >= 15 is 0 Å². The van der Waals surface area contributed by atoms with Gasteiger partial charge in [-0.3, -0.25) is 14.0 Å². The van der Waals surface area contributed by atoms with Crippen molar-refractivity contribution in [3.05, 3.63) is 112 Å². The number of benzene rings is 2. The fourth-order valence-electron chi connectivity index (χ4n) is 3.35. The summed E-state index contributed by atoms with van der Waals surface area (Å²) in [6.07, 6.45) is 3.42. The van der Waals surface area contributed by atoms with Crippen molar-refractivity contribution in [2.24, 2.45) is 0 Å². The number of pyridine rings is 1. The van der Waals surface area contributed by atoms with Crippen LogP contribution >= 0.6 is 0 Å². The van der Waals surface area contributed by atoms with Crippen molar-refractivity contribution in [1.82, 2.24) is 14.7 Å². The number of nitrogens with zero attached hydrogens (tertiary/aromatic N) is 3. The smallest absolute Gasteiger partial charge is 0.269 e. The number of nitrogens with one attached hydrogen (secondary N) is 1. The molecule has 1 amide bonds. The van der Waals surface area contributed by atoms with E-state index in [1.165, 1.54) is 10.5 Å². The number of fused-ring (bicyclic) bond motifs is 1. The van der Waals surface area contributed by atoms with Gasteiger partial charge in [0.1, 0.15) is 28.6 Å². The van der Waals surface area contributed by atoms with Crippen molar-refractivity contribution >= 4 is 17.6 Å². The lowest BCUT2D eigenvalue weighted by atomic mass is 10.1. The van der Waals surface area contributed by atoms with Crippen LogP contribution in [0.15, 0.2) is 89.4 Å². The van der Waals surface area contributed by atoms with Crippen molar-refractivity contribution in [3.63, 3.8) is 0 Å². The Balaban J connectivity index is 1.66. The molecule has 2 aromatic carbocycles. The number of hydrogen-bond donors (Lipinski definition) is 1. The number of aryl methyl sites for hydroxylation is 1. The lowest BCUT2D eigenvalue weighted by Gasteiger charge is -2.10. The average molecular weight is 450 g/mol. The molecule has 0 unspecified atom stereocenters. The van der Waals surface area contributed by atoms with Gasteiger partial charge in [-0.1, -0.05) is 54.1 Å². The zero-order chi connectivity index (χ0) is 23.9. The first-order valence-electron chi connectivity index (χ1n) is 10.7. The molecule has 4 aromatic rings. The molecule has 34 heavy (non-hydrogen) atoms. The molecule has 0 bridgehead atoms. The number of nitriles is 1. The van der Waals surface area contributed by atoms with E-state index in [-0.39, 0.29) is 17.0 Å². The lowest BCUT2D eigenvalue weighted by Crippen LogP contribution is -2.27. The van der Waals surface area contributed by atoms with Crippen LogP contribution in [0.5, 0.6) is 11.6 Å². The molecule has 0 aliphatic heterocycles. The van der Waals surface area contributed by atoms with Gasteiger partial charge in [-0.05, 0) is 49.2 Å². The highest BCUT2D eigenvalue weighted by molar-refractivity contribution is 6.01. The van der Waals surface area contributed by atoms with E-state index in [1.54, 1.807) is 36.5 Å². The maximum Gasteiger partial charge on any atom is 0.269 e. The Labute approximate surface area is 196 Å². The van der Waals surface area contributed by atoms with E-state index in [1.807, 2.05) is 55.5 Å². The number of hydrogen-bond acceptors (Lipinski definition) is 5. The lowest BCUT2D eigenvalue weighted by molar-refractivity contribution is -0.117. The van der Waals surface area contributed by atoms with Gasteiger partial charge < -0.3 is 10.1 Å². The van der Waals surface area contributed by atoms with Crippen LogP contribution in [0.25, 0.3) is 11.7 Å². The third-order valence-electron chi connectivity index (χ3n) is 5.17. The number of carbonyl (C=O) groups excluding carboxylic acids is 1. The van der Waals surface area contributed by atoms with E-state index in [4.69, 9.17) is 4.74 Å². The van der Waals surface area contributed by atoms with Crippen molar-refractivity contribution in [1.29, 1.82) is 5.26 Å². The van der Waals surface area contributed by atoms with Crippen LogP contribution in [0.2, 0.25) is 0 Å². The highest BCUT2D eigenvalue weighted by Gasteiger charge is 2.17. The number of aromatic nitrogens is 2. The predicted octanol–water partition coefficient (Wildman–Crippen LogP) is 4.06. The van der Waals surface area contributed by atoms with Crippen molar-refractivity contribution in [2.75, 3.05) is 6.54 Å². The minimum Gasteiger partial charge on any atom is -0.438 e. The Kier molecular flexibility index (Phi) is 6.80. The molecule has 7 nitrogen and oxygen atoms in total. The Bertz CT molecular complexity index is 1450. The van der Waals surface area contributed by atoms with Crippen LogP contribution < -0.4 is 15.6 Å². The molecule has 7 heteroatoms. The second-order valence-electron chi connectivity index (χ2n) is 7.64. The zero-order valence-electron chi connectivity index (χ0n) is 18.6. The van der Waals surface area contributed by atoms with Crippen LogP contribution in [0.4, 0.5) is 0 Å². The van der Waals surface area contributed by atoms with E-state index in [0.717, 1.165) is 11.1 Å². The van der Waals surface area contributed by atoms with Gasteiger partial charge in [0.2, 0.25) is 5.88 Å². The molecule has 0 saturated carbocycles. The van der Waals surface area contributed by atoms with Crippen LogP contribution in [-0.4, -0.2) is 21.8 Å². The summed E-state index contributed by atoms with van der Waals surface area (Å²) in [5, 5.41) is 12.4. The molecule has 2 heterocycles. The quantitative estimate of drug-likeness (QED) is 0.338. The third kappa shape index (κ3) is 5.19. The highest BCUT2D eigenvalue weighted by Crippen LogP contribution is 2.24. The van der Waals surface area contributed by atoms with E-state index in [2.05, 4.69) is 10.3 Å². The van der Waals surface area contributed by atoms with E-state index < -0.39 is 11.5 Å². The molecule has 0 aliphatic carbocycles. The molecule has 1 N–H and O–H groups in total. The van der Waals surface area contributed by atoms with Crippen LogP contribution in [0, 0.1) is 18.3 Å². The van der Waals surface area contributed by atoms with Gasteiger partial charge in [0.15, 0.2) is 0 Å². The number of ether oxygens (including phenoxy) is 1. The second kappa shape index (κ2) is 10.3. The molecule has 0 atom stereocenters. The van der Waals surface area contributed by atoms with Crippen molar-refractivity contribution in [3.8, 4) is 17.7 Å². The molecular weight excluding hydrogens is 428 g/mol. The minimum absolute atomic E-state index is 0.0130. The fraction of sp³-hybridized carbons (Fsp3) is 0.111. The standard InChI is InChI=1S/C27H22N4O3/c1-19-10-12-22(13-11-19)34-26-23(27(33)31-16-6-5-9-24(31)30-26)17-21(18-28)25(32)29-15-14-20-7-3-2-4-8-20/h2-13,16-17H,14-15H2,1H3,(H,29,32). The molecule has 4 rings (SSSR count). The summed E-state index contributed by atoms with van der Waals surface area (Å²) in [5.41, 5.74) is 1.86. The number of carbonyl (C=O) groups is 1. The van der Waals surface area contributed by atoms with Crippen molar-refractivity contribution < 1.29 is 9.53 Å². The molecule has 0 fully saturated rings. The Morgan fingerprint density at radius 1 is 1.09 bits per heavy atom. The molecule has 168 valence electrons. The summed E-state index contributed by atoms with van der Waals surface area (Å²) in [6.45, 7) is 2.30. The molecule has 0 aliphatic rings. The third-order valence-corrected chi connectivity index (χ3v) is 5.17. The van der Waals surface area contributed by atoms with E-state index in [9.17, 15) is 14.9 Å². The van der Waals surface area contributed by atoms with Crippen LogP contribution in [0.3, 0.4) is 0 Å². The molecule has 0 radical (unpaired) electrons. The fourth-order valence-corrected chi connectivity index (χ4v) is 3.35. The van der Waals surface area contributed by atoms with Gasteiger partial charge in [0, 0.05) is 12.7 Å². The first kappa shape index (κ1) is 22.5. The van der Waals surface area contributed by atoms with Gasteiger partial charge in [0.25, 0.3) is 11.5 Å². The van der Waals surface area contributed by atoms with Crippen LogP contribution in [-0.2, 0) is 11.2 Å². The Morgan fingerprint density at radius 2 is 1.82 bits per heavy atom. The Hall–Kier alpha value is -4.70. The summed E-state index contributed by atoms with van der Waals surface area (Å²) in [6, 6.07) is 24.0. The number of amides is 1. The minimum atomic E-state index is -0.572. The molecule has 0 saturated heterocycles. The van der Waals surface area contributed by atoms with Gasteiger partial charge in [-0.15, -0.1) is 0 Å². The SMILES string of the molecule is Cc1ccc(Oc2nc3ccccn3c(=O)c2C=C(C#N)C(=O)NCCc2ccccc2)cc1. The number of rotatable bonds is 7. The normalized spacial score (nSPS) is 11.1. The summed E-state index contributed by atoms with van der Waals surface area (Å²) < 4.78 is 7.25. The zero-order valence-corrected chi connectivity index (χ0v) is 18.6. The van der Waals surface area contributed by atoms with Gasteiger partial charge in [-0.2, -0.15) is 10.2 Å². The Morgan fingerprint density at radius 3 is 2.56 bits per heavy atom. The topological polar surface area (TPSA) is 96.5 Å². The summed E-state index contributed by atoms with van der Waals surface area (Å²) in [5.74, 6) is -0.0691. The van der Waals surface area contributed by atoms with Crippen molar-refractivity contribution in [2.45, 2.75) is 13.3 Å². The van der Waals surface area contributed by atoms with Crippen LogP contribution in [0.1, 0.15) is 16.7 Å². The van der Waals surface area contributed by atoms with Gasteiger partial charge in [0.05, 0.1) is 0 Å². The molecular formula is C27H22N4O3. The predicted molar refractivity (Wildman–Crippen MR) is 129 cm³/mol. The maximum atomic E-state index is 13.2. The van der Waals surface area contributed by atoms with Gasteiger partial charge >= 0.3 is 0 Å². The van der Waals surface area contributed by atoms with Gasteiger partial charge in [-0.25, -0.2) is 0 Å². The highest BCUT2D eigenvalue weighted by atomic mass is 16.5. The first-order chi connectivity index (χ1) is 16.5. The monoisotopic (exact) mass is 450 g/mol. The largest absolute Gasteiger partial charge is 0.438 e. The molecule has 0 spiro atoms.